The lowest BCUT2D eigenvalue weighted by molar-refractivity contribution is -0.180. The van der Waals surface area contributed by atoms with Gasteiger partial charge in [-0.3, -0.25) is 0 Å². The van der Waals surface area contributed by atoms with E-state index in [1.54, 1.807) is 0 Å². The largest absolute Gasteiger partial charge is 0.393 e. The molecule has 132 valence electrons. The number of hydrogen-bond acceptors (Lipinski definition) is 3. The fourth-order valence-electron chi connectivity index (χ4n) is 8.02. The zero-order chi connectivity index (χ0) is 16.7. The molecule has 4 aliphatic rings. The van der Waals surface area contributed by atoms with Crippen molar-refractivity contribution < 1.29 is 15.3 Å². The summed E-state index contributed by atoms with van der Waals surface area (Å²) in [5.41, 5.74) is -0.310. The second-order valence-electron chi connectivity index (χ2n) is 10.3. The van der Waals surface area contributed by atoms with Crippen molar-refractivity contribution in [2.24, 2.45) is 34.0 Å². The quantitative estimate of drug-likeness (QED) is 0.695. The molecule has 4 aliphatic carbocycles. The van der Waals surface area contributed by atoms with E-state index in [9.17, 15) is 15.3 Å². The van der Waals surface area contributed by atoms with Crippen LogP contribution in [0.5, 0.6) is 0 Å². The van der Waals surface area contributed by atoms with Crippen molar-refractivity contribution in [3.8, 4) is 0 Å². The molecule has 4 saturated carbocycles. The van der Waals surface area contributed by atoms with Crippen LogP contribution in [0.3, 0.4) is 0 Å². The normalized spacial score (nSPS) is 57.7. The van der Waals surface area contributed by atoms with Crippen molar-refractivity contribution >= 4 is 0 Å². The molecule has 0 aliphatic heterocycles. The van der Waals surface area contributed by atoms with Gasteiger partial charge in [0.1, 0.15) is 0 Å². The minimum absolute atomic E-state index is 0.00263. The van der Waals surface area contributed by atoms with Crippen LogP contribution in [0.2, 0.25) is 0 Å². The van der Waals surface area contributed by atoms with E-state index >= 15 is 0 Å². The van der Waals surface area contributed by atoms with E-state index in [4.69, 9.17) is 0 Å². The van der Waals surface area contributed by atoms with E-state index in [-0.39, 0.29) is 29.0 Å². The van der Waals surface area contributed by atoms with Crippen LogP contribution in [0.25, 0.3) is 0 Å². The van der Waals surface area contributed by atoms with Crippen molar-refractivity contribution in [2.45, 2.75) is 83.8 Å². The molecular weight excluding hydrogens is 288 g/mol. The SMILES string of the molecule is CC1(C)[C@H](O)CC[C@@]2(C)[C@@H]3CC[C@H]4CC3(CC[C@H]12)C[C@]4(O)CO. The highest BCUT2D eigenvalue weighted by Crippen LogP contribution is 2.72. The van der Waals surface area contributed by atoms with E-state index in [0.717, 1.165) is 32.1 Å². The molecule has 4 fully saturated rings. The Hall–Kier alpha value is -0.120. The van der Waals surface area contributed by atoms with Crippen molar-refractivity contribution in [2.75, 3.05) is 6.61 Å². The predicted octanol–water partition coefficient (Wildman–Crippen LogP) is 3.11. The maximum absolute atomic E-state index is 10.9. The van der Waals surface area contributed by atoms with Gasteiger partial charge in [-0.25, -0.2) is 0 Å². The third kappa shape index (κ3) is 1.93. The lowest BCUT2D eigenvalue weighted by Gasteiger charge is -2.64. The first kappa shape index (κ1) is 16.4. The minimum Gasteiger partial charge on any atom is -0.393 e. The van der Waals surface area contributed by atoms with Crippen molar-refractivity contribution in [1.82, 2.24) is 0 Å². The Labute approximate surface area is 140 Å². The summed E-state index contributed by atoms with van der Waals surface area (Å²) in [6.45, 7) is 6.94. The first-order valence-corrected chi connectivity index (χ1v) is 9.69. The molecule has 0 heterocycles. The fraction of sp³-hybridized carbons (Fsp3) is 1.00. The van der Waals surface area contributed by atoms with Crippen LogP contribution in [-0.2, 0) is 0 Å². The van der Waals surface area contributed by atoms with E-state index < -0.39 is 5.60 Å². The highest BCUT2D eigenvalue weighted by atomic mass is 16.3. The van der Waals surface area contributed by atoms with Crippen LogP contribution < -0.4 is 0 Å². The first-order valence-electron chi connectivity index (χ1n) is 9.69. The summed E-state index contributed by atoms with van der Waals surface area (Å²) in [4.78, 5) is 0. The molecule has 0 aromatic rings. The van der Waals surface area contributed by atoms with Gasteiger partial charge in [0.25, 0.3) is 0 Å². The maximum atomic E-state index is 10.9. The molecular formula is C20H34O3. The molecule has 7 atom stereocenters. The second-order valence-corrected chi connectivity index (χ2v) is 10.3. The number of fused-ring (bicyclic) bond motifs is 3. The summed E-state index contributed by atoms with van der Waals surface area (Å²) < 4.78 is 0. The first-order chi connectivity index (χ1) is 10.7. The Balaban J connectivity index is 1.72. The Morgan fingerprint density at radius 3 is 2.39 bits per heavy atom. The van der Waals surface area contributed by atoms with Gasteiger partial charge in [-0.05, 0) is 85.4 Å². The molecule has 3 heteroatoms. The highest BCUT2D eigenvalue weighted by molar-refractivity contribution is 5.17. The summed E-state index contributed by atoms with van der Waals surface area (Å²) in [6.07, 6.45) is 8.39. The second kappa shape index (κ2) is 4.74. The van der Waals surface area contributed by atoms with Gasteiger partial charge in [0.15, 0.2) is 0 Å². The summed E-state index contributed by atoms with van der Waals surface area (Å²) in [5, 5.41) is 31.3. The lowest BCUT2D eigenvalue weighted by Crippen LogP contribution is -2.59. The smallest absolute Gasteiger partial charge is 0.0910 e. The molecule has 0 aromatic heterocycles. The topological polar surface area (TPSA) is 60.7 Å². The van der Waals surface area contributed by atoms with Gasteiger partial charge in [0.2, 0.25) is 0 Å². The van der Waals surface area contributed by atoms with Crippen molar-refractivity contribution in [1.29, 1.82) is 0 Å². The van der Waals surface area contributed by atoms with Gasteiger partial charge in [0, 0.05) is 0 Å². The van der Waals surface area contributed by atoms with Gasteiger partial charge < -0.3 is 15.3 Å². The van der Waals surface area contributed by atoms with Gasteiger partial charge in [-0.1, -0.05) is 20.8 Å². The summed E-state index contributed by atoms with van der Waals surface area (Å²) in [7, 11) is 0. The van der Waals surface area contributed by atoms with Crippen LogP contribution >= 0.6 is 0 Å². The summed E-state index contributed by atoms with van der Waals surface area (Å²) >= 11 is 0. The van der Waals surface area contributed by atoms with Crippen LogP contribution in [0.4, 0.5) is 0 Å². The maximum Gasteiger partial charge on any atom is 0.0910 e. The molecule has 3 N–H and O–H groups in total. The molecule has 3 nitrogen and oxygen atoms in total. The zero-order valence-corrected chi connectivity index (χ0v) is 15.0. The zero-order valence-electron chi connectivity index (χ0n) is 15.0. The fourth-order valence-corrected chi connectivity index (χ4v) is 8.02. The third-order valence-electron chi connectivity index (χ3n) is 9.12. The molecule has 0 radical (unpaired) electrons. The molecule has 0 aromatic carbocycles. The predicted molar refractivity (Wildman–Crippen MR) is 89.8 cm³/mol. The molecule has 0 amide bonds. The van der Waals surface area contributed by atoms with E-state index in [1.165, 1.54) is 19.3 Å². The van der Waals surface area contributed by atoms with E-state index in [2.05, 4.69) is 20.8 Å². The molecule has 0 saturated heterocycles. The number of rotatable bonds is 1. The van der Waals surface area contributed by atoms with E-state index in [1.807, 2.05) is 0 Å². The summed E-state index contributed by atoms with van der Waals surface area (Å²) in [6, 6.07) is 0. The number of aliphatic hydroxyl groups excluding tert-OH is 2. The van der Waals surface area contributed by atoms with Gasteiger partial charge >= 0.3 is 0 Å². The standard InChI is InChI=1S/C20H34O3/c1-17(2)14-6-9-19-10-13(20(23,11-19)12-21)4-5-15(19)18(14,3)8-7-16(17)22/h13-16,21-23H,4-12H2,1-3H3/t13-,14+,15-,16+,18+,19?,20-/m0/s1. The van der Waals surface area contributed by atoms with Gasteiger partial charge in [-0.2, -0.15) is 0 Å². The Kier molecular flexibility index (Phi) is 3.37. The minimum atomic E-state index is -0.832. The molecule has 1 spiro atoms. The Bertz CT molecular complexity index is 503. The molecule has 2 bridgehead atoms. The van der Waals surface area contributed by atoms with Crippen LogP contribution in [0, 0.1) is 34.0 Å². The molecule has 4 rings (SSSR count). The average molecular weight is 322 g/mol. The lowest BCUT2D eigenvalue weighted by atomic mass is 9.41. The Morgan fingerprint density at radius 1 is 0.957 bits per heavy atom. The van der Waals surface area contributed by atoms with Crippen molar-refractivity contribution in [3.63, 3.8) is 0 Å². The average Bonchev–Trinajstić information content (AvgIpc) is 2.70. The van der Waals surface area contributed by atoms with E-state index in [0.29, 0.717) is 17.8 Å². The van der Waals surface area contributed by atoms with Crippen molar-refractivity contribution in [3.05, 3.63) is 0 Å². The highest BCUT2D eigenvalue weighted by Gasteiger charge is 2.67. The number of aliphatic hydroxyl groups is 3. The molecule has 1 unspecified atom stereocenters. The van der Waals surface area contributed by atoms with Gasteiger partial charge in [-0.15, -0.1) is 0 Å². The van der Waals surface area contributed by atoms with Crippen LogP contribution in [0.15, 0.2) is 0 Å². The monoisotopic (exact) mass is 322 g/mol. The molecule has 23 heavy (non-hydrogen) atoms. The van der Waals surface area contributed by atoms with Gasteiger partial charge in [0.05, 0.1) is 18.3 Å². The Morgan fingerprint density at radius 2 is 1.70 bits per heavy atom. The van der Waals surface area contributed by atoms with Crippen LogP contribution in [-0.4, -0.2) is 33.6 Å². The van der Waals surface area contributed by atoms with Crippen LogP contribution in [0.1, 0.15) is 72.1 Å². The number of hydrogen-bond donors (Lipinski definition) is 3. The third-order valence-corrected chi connectivity index (χ3v) is 9.12. The summed E-state index contributed by atoms with van der Waals surface area (Å²) in [5.74, 6) is 1.53.